The Bertz CT molecular complexity index is 505. The molecular weight excluding hydrogens is 284 g/mol. The van der Waals surface area contributed by atoms with E-state index in [-0.39, 0.29) is 0 Å². The van der Waals surface area contributed by atoms with Gasteiger partial charge in [0.2, 0.25) is 0 Å². The lowest BCUT2D eigenvalue weighted by atomic mass is 10.2. The second-order valence-corrected chi connectivity index (χ2v) is 5.65. The van der Waals surface area contributed by atoms with E-state index in [0.717, 1.165) is 20.9 Å². The molecule has 2 aromatic rings. The summed E-state index contributed by atoms with van der Waals surface area (Å²) in [5, 5.41) is 6.55. The first kappa shape index (κ1) is 10.3. The van der Waals surface area contributed by atoms with E-state index in [0.29, 0.717) is 6.04 Å². The van der Waals surface area contributed by atoms with E-state index in [9.17, 15) is 0 Å². The highest BCUT2D eigenvalue weighted by molar-refractivity contribution is 9.10. The molecule has 2 nitrogen and oxygen atoms in total. The molecule has 82 valence electrons. The average Bonchev–Trinajstić information content (AvgIpc) is 2.97. The first-order valence-electron chi connectivity index (χ1n) is 5.30. The van der Waals surface area contributed by atoms with E-state index >= 15 is 0 Å². The summed E-state index contributed by atoms with van der Waals surface area (Å²) >= 11 is 5.23. The molecule has 1 aromatic carbocycles. The zero-order valence-corrected chi connectivity index (χ0v) is 11.0. The van der Waals surface area contributed by atoms with Crippen LogP contribution in [0.1, 0.15) is 12.8 Å². The Kier molecular flexibility index (Phi) is 2.69. The molecule has 1 saturated carbocycles. The van der Waals surface area contributed by atoms with Gasteiger partial charge in [0.05, 0.1) is 5.69 Å². The number of nitrogens with one attached hydrogen (secondary N) is 1. The number of anilines is 1. The lowest BCUT2D eigenvalue weighted by Crippen LogP contribution is -1.99. The first-order chi connectivity index (χ1) is 7.83. The van der Waals surface area contributed by atoms with Gasteiger partial charge < -0.3 is 5.32 Å². The van der Waals surface area contributed by atoms with Gasteiger partial charge in [0, 0.05) is 21.5 Å². The highest BCUT2D eigenvalue weighted by Gasteiger charge is 2.22. The molecule has 0 atom stereocenters. The summed E-state index contributed by atoms with van der Waals surface area (Å²) in [7, 11) is 0. The van der Waals surface area contributed by atoms with Crippen LogP contribution in [0, 0.1) is 0 Å². The lowest BCUT2D eigenvalue weighted by Gasteiger charge is -2.00. The molecule has 0 spiro atoms. The van der Waals surface area contributed by atoms with Crippen molar-refractivity contribution in [2.45, 2.75) is 18.9 Å². The Balaban J connectivity index is 1.88. The van der Waals surface area contributed by atoms with Crippen molar-refractivity contribution in [3.63, 3.8) is 0 Å². The van der Waals surface area contributed by atoms with Crippen molar-refractivity contribution in [2.24, 2.45) is 0 Å². The van der Waals surface area contributed by atoms with Crippen molar-refractivity contribution in [1.29, 1.82) is 0 Å². The summed E-state index contributed by atoms with van der Waals surface area (Å²) < 4.78 is 1.10. The van der Waals surface area contributed by atoms with Gasteiger partial charge in [0.1, 0.15) is 0 Å². The molecule has 0 unspecified atom stereocenters. The predicted molar refractivity (Wildman–Crippen MR) is 71.9 cm³/mol. The smallest absolute Gasteiger partial charge is 0.183 e. The fourth-order valence-corrected chi connectivity index (χ4v) is 2.81. The third-order valence-corrected chi connectivity index (χ3v) is 4.02. The normalized spacial score (nSPS) is 15.1. The van der Waals surface area contributed by atoms with Crippen LogP contribution in [0.15, 0.2) is 34.1 Å². The lowest BCUT2D eigenvalue weighted by molar-refractivity contribution is 1.14. The van der Waals surface area contributed by atoms with Crippen LogP contribution >= 0.6 is 27.3 Å². The summed E-state index contributed by atoms with van der Waals surface area (Å²) in [4.78, 5) is 4.60. The maximum absolute atomic E-state index is 4.60. The number of hydrogen-bond acceptors (Lipinski definition) is 3. The fourth-order valence-electron chi connectivity index (χ4n) is 1.53. The van der Waals surface area contributed by atoms with Crippen molar-refractivity contribution in [2.75, 3.05) is 5.32 Å². The van der Waals surface area contributed by atoms with Crippen LogP contribution in [0.5, 0.6) is 0 Å². The quantitative estimate of drug-likeness (QED) is 0.920. The van der Waals surface area contributed by atoms with Gasteiger partial charge in [-0.1, -0.05) is 34.1 Å². The Hall–Kier alpha value is -0.870. The largest absolute Gasteiger partial charge is 0.359 e. The summed E-state index contributed by atoms with van der Waals surface area (Å²) in [6, 6.07) is 8.85. The zero-order chi connectivity index (χ0) is 11.0. The molecule has 0 radical (unpaired) electrons. The Labute approximate surface area is 107 Å². The van der Waals surface area contributed by atoms with Crippen LogP contribution in [0.4, 0.5) is 5.13 Å². The number of hydrogen-bond donors (Lipinski definition) is 1. The van der Waals surface area contributed by atoms with Crippen molar-refractivity contribution in [3.8, 4) is 11.3 Å². The summed E-state index contributed by atoms with van der Waals surface area (Å²) in [5.74, 6) is 0. The number of aromatic nitrogens is 1. The number of nitrogens with zero attached hydrogens (tertiary/aromatic N) is 1. The van der Waals surface area contributed by atoms with Gasteiger partial charge >= 0.3 is 0 Å². The van der Waals surface area contributed by atoms with E-state index in [1.807, 2.05) is 18.2 Å². The van der Waals surface area contributed by atoms with Gasteiger partial charge in [-0.2, -0.15) is 0 Å². The molecule has 0 bridgehead atoms. The number of benzene rings is 1. The molecule has 1 aliphatic rings. The highest BCUT2D eigenvalue weighted by Crippen LogP contribution is 2.32. The van der Waals surface area contributed by atoms with Gasteiger partial charge in [-0.3, -0.25) is 0 Å². The van der Waals surface area contributed by atoms with Gasteiger partial charge in [0.15, 0.2) is 5.13 Å². The van der Waals surface area contributed by atoms with Gasteiger partial charge in [-0.25, -0.2) is 4.98 Å². The third-order valence-electron chi connectivity index (χ3n) is 2.56. The number of rotatable bonds is 3. The van der Waals surface area contributed by atoms with Crippen LogP contribution in [0.25, 0.3) is 11.3 Å². The van der Waals surface area contributed by atoms with E-state index in [1.165, 1.54) is 12.8 Å². The Morgan fingerprint density at radius 2 is 2.12 bits per heavy atom. The summed E-state index contributed by atoms with van der Waals surface area (Å²) in [6.07, 6.45) is 2.56. The van der Waals surface area contributed by atoms with Gasteiger partial charge in [-0.05, 0) is 18.9 Å². The molecule has 1 aromatic heterocycles. The van der Waals surface area contributed by atoms with Crippen molar-refractivity contribution in [1.82, 2.24) is 4.98 Å². The molecule has 1 N–H and O–H groups in total. The molecule has 0 saturated heterocycles. The van der Waals surface area contributed by atoms with E-state index in [4.69, 9.17) is 0 Å². The molecule has 16 heavy (non-hydrogen) atoms. The van der Waals surface area contributed by atoms with Gasteiger partial charge in [-0.15, -0.1) is 11.3 Å². The Morgan fingerprint density at radius 1 is 1.31 bits per heavy atom. The van der Waals surface area contributed by atoms with E-state index in [1.54, 1.807) is 11.3 Å². The zero-order valence-electron chi connectivity index (χ0n) is 8.61. The Morgan fingerprint density at radius 3 is 2.88 bits per heavy atom. The van der Waals surface area contributed by atoms with E-state index < -0.39 is 0 Å². The second kappa shape index (κ2) is 4.18. The highest BCUT2D eigenvalue weighted by atomic mass is 79.9. The van der Waals surface area contributed by atoms with Crippen LogP contribution < -0.4 is 5.32 Å². The molecule has 0 aliphatic heterocycles. The molecule has 1 aliphatic carbocycles. The molecule has 1 heterocycles. The van der Waals surface area contributed by atoms with Crippen LogP contribution in [-0.2, 0) is 0 Å². The fraction of sp³-hybridized carbons (Fsp3) is 0.250. The average molecular weight is 295 g/mol. The standard InChI is InChI=1S/C12H11BrN2S/c13-10-4-2-1-3-9(10)11-7-16-12(15-11)14-8-5-6-8/h1-4,7-8H,5-6H2,(H,14,15). The van der Waals surface area contributed by atoms with E-state index in [2.05, 4.69) is 37.7 Å². The van der Waals surface area contributed by atoms with Crippen LogP contribution in [0.3, 0.4) is 0 Å². The molecule has 4 heteroatoms. The molecule has 0 amide bonds. The minimum absolute atomic E-state index is 0.665. The van der Waals surface area contributed by atoms with Crippen molar-refractivity contribution >= 4 is 32.4 Å². The molecule has 3 rings (SSSR count). The maximum atomic E-state index is 4.60. The summed E-state index contributed by atoms with van der Waals surface area (Å²) in [6.45, 7) is 0. The molecule has 1 fully saturated rings. The minimum Gasteiger partial charge on any atom is -0.359 e. The number of thiazole rings is 1. The van der Waals surface area contributed by atoms with Crippen molar-refractivity contribution in [3.05, 3.63) is 34.1 Å². The minimum atomic E-state index is 0.665. The SMILES string of the molecule is Brc1ccccc1-c1csc(NC2CC2)n1. The second-order valence-electron chi connectivity index (χ2n) is 3.94. The molecular formula is C12H11BrN2S. The van der Waals surface area contributed by atoms with Crippen LogP contribution in [-0.4, -0.2) is 11.0 Å². The van der Waals surface area contributed by atoms with Crippen LogP contribution in [0.2, 0.25) is 0 Å². The first-order valence-corrected chi connectivity index (χ1v) is 6.97. The van der Waals surface area contributed by atoms with Crippen molar-refractivity contribution < 1.29 is 0 Å². The number of halogens is 1. The summed E-state index contributed by atoms with van der Waals surface area (Å²) in [5.41, 5.74) is 2.20. The van der Waals surface area contributed by atoms with Gasteiger partial charge in [0.25, 0.3) is 0 Å². The maximum Gasteiger partial charge on any atom is 0.183 e. The monoisotopic (exact) mass is 294 g/mol. The predicted octanol–water partition coefficient (Wildman–Crippen LogP) is 4.15. The topological polar surface area (TPSA) is 24.9 Å². The third kappa shape index (κ3) is 2.13.